The van der Waals surface area contributed by atoms with Crippen molar-refractivity contribution >= 4 is 11.6 Å². The number of rotatable bonds is 3. The van der Waals surface area contributed by atoms with Crippen molar-refractivity contribution < 1.29 is 9.84 Å². The molecule has 0 aliphatic heterocycles. The molecule has 0 aromatic carbocycles. The number of ether oxygens (including phenoxy) is 1. The molecule has 0 saturated heterocycles. The Kier molecular flexibility index (Phi) is 3.63. The van der Waals surface area contributed by atoms with Crippen LogP contribution in [-0.2, 0) is 4.74 Å². The van der Waals surface area contributed by atoms with E-state index >= 15 is 0 Å². The van der Waals surface area contributed by atoms with Crippen molar-refractivity contribution in [2.75, 3.05) is 6.61 Å². The molecule has 2 atom stereocenters. The lowest BCUT2D eigenvalue weighted by molar-refractivity contribution is -0.0108. The molecule has 1 rings (SSSR count). The largest absolute Gasteiger partial charge is 0.496 e. The Morgan fingerprint density at radius 2 is 2.38 bits per heavy atom. The summed E-state index contributed by atoms with van der Waals surface area (Å²) in [6, 6.07) is 0. The van der Waals surface area contributed by atoms with Crippen molar-refractivity contribution in [3.8, 4) is 0 Å². The van der Waals surface area contributed by atoms with E-state index in [1.165, 1.54) is 0 Å². The second-order valence-corrected chi connectivity index (χ2v) is 4.02. The zero-order valence-corrected chi connectivity index (χ0v) is 8.81. The maximum absolute atomic E-state index is 10.2. The van der Waals surface area contributed by atoms with Crippen LogP contribution >= 0.6 is 11.6 Å². The molecule has 1 aliphatic rings. The highest BCUT2D eigenvalue weighted by Gasteiger charge is 2.41. The summed E-state index contributed by atoms with van der Waals surface area (Å²) in [4.78, 5) is 0. The summed E-state index contributed by atoms with van der Waals surface area (Å²) in [5.41, 5.74) is -1.00. The maximum atomic E-state index is 10.2. The molecule has 0 heterocycles. The Labute approximate surface area is 84.5 Å². The van der Waals surface area contributed by atoms with Crippen LogP contribution in [0, 0.1) is 0 Å². The molecule has 1 saturated carbocycles. The first-order chi connectivity index (χ1) is 6.11. The van der Waals surface area contributed by atoms with Crippen LogP contribution in [0.2, 0.25) is 0 Å². The van der Waals surface area contributed by atoms with E-state index in [9.17, 15) is 5.11 Å². The fraction of sp³-hybridized carbons (Fsp3) is 0.800. The first-order valence-electron chi connectivity index (χ1n) is 4.80. The number of hydrogen-bond acceptors (Lipinski definition) is 2. The normalized spacial score (nSPS) is 34.2. The SMILES string of the molecule is C=C(OCC)C1(O)CCCCC1Cl. The second-order valence-electron chi connectivity index (χ2n) is 3.49. The molecule has 0 bridgehead atoms. The Hall–Kier alpha value is -0.210. The Morgan fingerprint density at radius 1 is 1.69 bits per heavy atom. The molecular weight excluding hydrogens is 188 g/mol. The molecule has 0 spiro atoms. The van der Waals surface area contributed by atoms with E-state index in [0.29, 0.717) is 18.8 Å². The van der Waals surface area contributed by atoms with E-state index in [2.05, 4.69) is 6.58 Å². The Bertz CT molecular complexity index is 193. The first kappa shape index (κ1) is 10.9. The molecule has 0 amide bonds. The van der Waals surface area contributed by atoms with Crippen LogP contribution in [0.4, 0.5) is 0 Å². The molecule has 1 aliphatic carbocycles. The van der Waals surface area contributed by atoms with Gasteiger partial charge in [-0.1, -0.05) is 13.0 Å². The van der Waals surface area contributed by atoms with E-state index in [1.807, 2.05) is 6.92 Å². The van der Waals surface area contributed by atoms with Gasteiger partial charge >= 0.3 is 0 Å². The van der Waals surface area contributed by atoms with Crippen molar-refractivity contribution in [1.29, 1.82) is 0 Å². The Balaban J connectivity index is 2.65. The number of hydrogen-bond donors (Lipinski definition) is 1. The second kappa shape index (κ2) is 4.34. The van der Waals surface area contributed by atoms with E-state index < -0.39 is 5.60 Å². The van der Waals surface area contributed by atoms with Crippen LogP contribution in [0.5, 0.6) is 0 Å². The number of aliphatic hydroxyl groups is 1. The summed E-state index contributed by atoms with van der Waals surface area (Å²) in [5.74, 6) is 0.426. The maximum Gasteiger partial charge on any atom is 0.137 e. The topological polar surface area (TPSA) is 29.5 Å². The van der Waals surface area contributed by atoms with Crippen molar-refractivity contribution in [3.63, 3.8) is 0 Å². The van der Waals surface area contributed by atoms with Crippen LogP contribution in [-0.4, -0.2) is 22.7 Å². The molecular formula is C10H17ClO2. The van der Waals surface area contributed by atoms with E-state index in [-0.39, 0.29) is 5.38 Å². The van der Waals surface area contributed by atoms with E-state index in [1.54, 1.807) is 0 Å². The summed E-state index contributed by atoms with van der Waals surface area (Å²) in [7, 11) is 0. The molecule has 2 nitrogen and oxygen atoms in total. The summed E-state index contributed by atoms with van der Waals surface area (Å²) >= 11 is 6.06. The van der Waals surface area contributed by atoms with Crippen molar-refractivity contribution in [3.05, 3.63) is 12.3 Å². The molecule has 0 radical (unpaired) electrons. The summed E-state index contributed by atoms with van der Waals surface area (Å²) in [6.45, 7) is 6.14. The van der Waals surface area contributed by atoms with Gasteiger partial charge in [0.2, 0.25) is 0 Å². The molecule has 0 aromatic heterocycles. The minimum atomic E-state index is -1.00. The van der Waals surface area contributed by atoms with Crippen molar-refractivity contribution in [2.45, 2.75) is 43.6 Å². The quantitative estimate of drug-likeness (QED) is 0.565. The zero-order chi connectivity index (χ0) is 9.90. The first-order valence-corrected chi connectivity index (χ1v) is 5.23. The lowest BCUT2D eigenvalue weighted by Crippen LogP contribution is -2.44. The minimum Gasteiger partial charge on any atom is -0.496 e. The predicted octanol–water partition coefficient (Wildman–Crippen LogP) is 2.45. The van der Waals surface area contributed by atoms with Crippen LogP contribution in [0.3, 0.4) is 0 Å². The van der Waals surface area contributed by atoms with Crippen LogP contribution in [0.15, 0.2) is 12.3 Å². The lowest BCUT2D eigenvalue weighted by Gasteiger charge is -2.37. The van der Waals surface area contributed by atoms with Crippen LogP contribution in [0.25, 0.3) is 0 Å². The molecule has 3 heteroatoms. The smallest absolute Gasteiger partial charge is 0.137 e. The number of alkyl halides is 1. The van der Waals surface area contributed by atoms with Crippen molar-refractivity contribution in [2.24, 2.45) is 0 Å². The average molecular weight is 205 g/mol. The fourth-order valence-electron chi connectivity index (χ4n) is 1.73. The number of halogens is 1. The summed E-state index contributed by atoms with van der Waals surface area (Å²) < 4.78 is 5.23. The van der Waals surface area contributed by atoms with Gasteiger partial charge in [0.1, 0.15) is 11.4 Å². The van der Waals surface area contributed by atoms with Crippen LogP contribution in [0.1, 0.15) is 32.6 Å². The van der Waals surface area contributed by atoms with Gasteiger partial charge in [-0.15, -0.1) is 11.6 Å². The monoisotopic (exact) mass is 204 g/mol. The third kappa shape index (κ3) is 2.18. The minimum absolute atomic E-state index is 0.250. The van der Waals surface area contributed by atoms with Gasteiger partial charge in [-0.2, -0.15) is 0 Å². The fourth-order valence-corrected chi connectivity index (χ4v) is 2.11. The molecule has 2 unspecified atom stereocenters. The molecule has 1 fully saturated rings. The average Bonchev–Trinajstić information content (AvgIpc) is 2.11. The van der Waals surface area contributed by atoms with Gasteiger partial charge in [-0.25, -0.2) is 0 Å². The van der Waals surface area contributed by atoms with Gasteiger partial charge in [0, 0.05) is 0 Å². The Morgan fingerprint density at radius 3 is 2.92 bits per heavy atom. The molecule has 0 aromatic rings. The van der Waals surface area contributed by atoms with Gasteiger partial charge < -0.3 is 9.84 Å². The zero-order valence-electron chi connectivity index (χ0n) is 8.05. The highest BCUT2D eigenvalue weighted by Crippen LogP contribution is 2.37. The highest BCUT2D eigenvalue weighted by atomic mass is 35.5. The third-order valence-corrected chi connectivity index (χ3v) is 3.16. The van der Waals surface area contributed by atoms with Crippen molar-refractivity contribution in [1.82, 2.24) is 0 Å². The standard InChI is InChI=1S/C10H17ClO2/c1-3-13-8(2)10(12)7-5-4-6-9(10)11/h9,12H,2-7H2,1H3. The summed E-state index contributed by atoms with van der Waals surface area (Å²) in [5, 5.41) is 9.93. The third-order valence-electron chi connectivity index (χ3n) is 2.59. The lowest BCUT2D eigenvalue weighted by atomic mass is 9.83. The van der Waals surface area contributed by atoms with Gasteiger partial charge in [-0.3, -0.25) is 0 Å². The molecule has 76 valence electrons. The van der Waals surface area contributed by atoms with Crippen LogP contribution < -0.4 is 0 Å². The summed E-state index contributed by atoms with van der Waals surface area (Å²) in [6.07, 6.45) is 3.58. The van der Waals surface area contributed by atoms with E-state index in [4.69, 9.17) is 16.3 Å². The van der Waals surface area contributed by atoms with E-state index in [0.717, 1.165) is 19.3 Å². The van der Waals surface area contributed by atoms with Gasteiger partial charge in [0.05, 0.1) is 12.0 Å². The highest BCUT2D eigenvalue weighted by molar-refractivity contribution is 6.21. The predicted molar refractivity (Wildman–Crippen MR) is 53.8 cm³/mol. The van der Waals surface area contributed by atoms with Gasteiger partial charge in [0.25, 0.3) is 0 Å². The van der Waals surface area contributed by atoms with Gasteiger partial charge in [-0.05, 0) is 26.2 Å². The molecule has 13 heavy (non-hydrogen) atoms. The molecule has 1 N–H and O–H groups in total. The van der Waals surface area contributed by atoms with Gasteiger partial charge in [0.15, 0.2) is 0 Å².